The van der Waals surface area contributed by atoms with Gasteiger partial charge in [-0.1, -0.05) is 26.6 Å². The highest BCUT2D eigenvalue weighted by Crippen LogP contribution is 2.07. The average molecular weight is 203 g/mol. The van der Waals surface area contributed by atoms with Crippen molar-refractivity contribution >= 4 is 14.2 Å². The third-order valence-corrected chi connectivity index (χ3v) is 3.31. The van der Waals surface area contributed by atoms with Gasteiger partial charge in [-0.15, -0.1) is 0 Å². The van der Waals surface area contributed by atoms with Crippen LogP contribution in [-0.4, -0.2) is 27.3 Å². The third kappa shape index (κ3) is 9.40. The SMILES string of the molecule is CCCNC(=O)OCC[Si](C)(C)C. The van der Waals surface area contributed by atoms with Crippen molar-refractivity contribution in [3.8, 4) is 0 Å². The lowest BCUT2D eigenvalue weighted by Crippen LogP contribution is -2.28. The van der Waals surface area contributed by atoms with E-state index in [2.05, 4.69) is 25.0 Å². The van der Waals surface area contributed by atoms with E-state index in [-0.39, 0.29) is 6.09 Å². The van der Waals surface area contributed by atoms with Gasteiger partial charge in [-0.25, -0.2) is 4.79 Å². The van der Waals surface area contributed by atoms with E-state index < -0.39 is 8.07 Å². The van der Waals surface area contributed by atoms with Crippen molar-refractivity contribution in [3.63, 3.8) is 0 Å². The van der Waals surface area contributed by atoms with Crippen LogP contribution in [0.3, 0.4) is 0 Å². The van der Waals surface area contributed by atoms with Gasteiger partial charge in [0.25, 0.3) is 0 Å². The smallest absolute Gasteiger partial charge is 0.407 e. The summed E-state index contributed by atoms with van der Waals surface area (Å²) >= 11 is 0. The van der Waals surface area contributed by atoms with Crippen LogP contribution in [0.2, 0.25) is 25.7 Å². The first-order valence-corrected chi connectivity index (χ1v) is 8.57. The zero-order valence-electron chi connectivity index (χ0n) is 9.14. The molecule has 1 amide bonds. The Morgan fingerprint density at radius 3 is 2.46 bits per heavy atom. The monoisotopic (exact) mass is 203 g/mol. The Kier molecular flexibility index (Phi) is 5.78. The van der Waals surface area contributed by atoms with Crippen LogP contribution in [0.5, 0.6) is 0 Å². The summed E-state index contributed by atoms with van der Waals surface area (Å²) < 4.78 is 5.00. The number of alkyl carbamates (subject to hydrolysis) is 1. The summed E-state index contributed by atoms with van der Waals surface area (Å²) in [5, 5.41) is 2.67. The van der Waals surface area contributed by atoms with E-state index in [0.717, 1.165) is 12.5 Å². The summed E-state index contributed by atoms with van der Waals surface area (Å²) in [7, 11) is -1.06. The van der Waals surface area contributed by atoms with Crippen molar-refractivity contribution in [1.82, 2.24) is 5.32 Å². The van der Waals surface area contributed by atoms with Crippen molar-refractivity contribution in [3.05, 3.63) is 0 Å². The van der Waals surface area contributed by atoms with Crippen molar-refractivity contribution in [2.24, 2.45) is 0 Å². The molecule has 1 N–H and O–H groups in total. The minimum absolute atomic E-state index is 0.278. The van der Waals surface area contributed by atoms with Crippen LogP contribution in [0.1, 0.15) is 13.3 Å². The molecular weight excluding hydrogens is 182 g/mol. The Hall–Kier alpha value is -0.513. The molecule has 0 radical (unpaired) electrons. The number of hydrogen-bond acceptors (Lipinski definition) is 2. The summed E-state index contributed by atoms with van der Waals surface area (Å²) in [6, 6.07) is 1.03. The normalized spacial score (nSPS) is 11.1. The molecule has 3 nitrogen and oxygen atoms in total. The second kappa shape index (κ2) is 6.02. The van der Waals surface area contributed by atoms with Gasteiger partial charge in [0.05, 0.1) is 6.61 Å². The number of hydrogen-bond donors (Lipinski definition) is 1. The fourth-order valence-electron chi connectivity index (χ4n) is 0.728. The second-order valence-electron chi connectivity index (χ2n) is 4.37. The molecule has 0 aromatic carbocycles. The Labute approximate surface area is 81.9 Å². The van der Waals surface area contributed by atoms with Crippen molar-refractivity contribution < 1.29 is 9.53 Å². The van der Waals surface area contributed by atoms with E-state index in [0.29, 0.717) is 13.2 Å². The predicted molar refractivity (Wildman–Crippen MR) is 57.8 cm³/mol. The summed E-state index contributed by atoms with van der Waals surface area (Å²) in [5.41, 5.74) is 0. The van der Waals surface area contributed by atoms with Crippen LogP contribution in [-0.2, 0) is 4.74 Å². The van der Waals surface area contributed by atoms with Crippen molar-refractivity contribution in [1.29, 1.82) is 0 Å². The van der Waals surface area contributed by atoms with E-state index in [9.17, 15) is 4.79 Å². The molecule has 13 heavy (non-hydrogen) atoms. The second-order valence-corrected chi connectivity index (χ2v) is 9.99. The average Bonchev–Trinajstić information content (AvgIpc) is 1.98. The van der Waals surface area contributed by atoms with Crippen LogP contribution in [0.4, 0.5) is 4.79 Å². The molecule has 4 heteroatoms. The molecule has 0 atom stereocenters. The van der Waals surface area contributed by atoms with Gasteiger partial charge >= 0.3 is 6.09 Å². The molecule has 0 unspecified atom stereocenters. The van der Waals surface area contributed by atoms with E-state index in [1.807, 2.05) is 6.92 Å². The molecule has 0 aromatic heterocycles. The number of rotatable bonds is 5. The summed E-state index contributed by atoms with van der Waals surface area (Å²) in [6.45, 7) is 10.1. The van der Waals surface area contributed by atoms with Crippen LogP contribution in [0.25, 0.3) is 0 Å². The lowest BCUT2D eigenvalue weighted by molar-refractivity contribution is 0.152. The topological polar surface area (TPSA) is 38.3 Å². The maximum atomic E-state index is 11.0. The highest BCUT2D eigenvalue weighted by Gasteiger charge is 2.13. The fourth-order valence-corrected chi connectivity index (χ4v) is 1.44. The quantitative estimate of drug-likeness (QED) is 0.697. The van der Waals surface area contributed by atoms with Crippen LogP contribution < -0.4 is 5.32 Å². The Balaban J connectivity index is 3.37. The first kappa shape index (κ1) is 12.5. The number of carbonyl (C=O) groups excluding carboxylic acids is 1. The standard InChI is InChI=1S/C9H21NO2Si/c1-5-6-10-9(11)12-7-8-13(2,3)4/h5-8H2,1-4H3,(H,10,11). The first-order valence-electron chi connectivity index (χ1n) is 4.86. The summed E-state index contributed by atoms with van der Waals surface area (Å²) in [6.07, 6.45) is 0.670. The van der Waals surface area contributed by atoms with E-state index >= 15 is 0 Å². The lowest BCUT2D eigenvalue weighted by Gasteiger charge is -2.15. The van der Waals surface area contributed by atoms with Gasteiger partial charge < -0.3 is 10.1 Å². The third-order valence-electron chi connectivity index (χ3n) is 1.60. The highest BCUT2D eigenvalue weighted by molar-refractivity contribution is 6.76. The van der Waals surface area contributed by atoms with Gasteiger partial charge in [0.1, 0.15) is 0 Å². The van der Waals surface area contributed by atoms with Gasteiger partial charge in [0.15, 0.2) is 0 Å². The van der Waals surface area contributed by atoms with E-state index in [4.69, 9.17) is 4.74 Å². The van der Waals surface area contributed by atoms with Crippen LogP contribution in [0, 0.1) is 0 Å². The predicted octanol–water partition coefficient (Wildman–Crippen LogP) is 2.46. The van der Waals surface area contributed by atoms with Crippen molar-refractivity contribution in [2.45, 2.75) is 39.0 Å². The molecule has 0 saturated carbocycles. The molecule has 0 aliphatic rings. The number of nitrogens with one attached hydrogen (secondary N) is 1. The fraction of sp³-hybridized carbons (Fsp3) is 0.889. The Morgan fingerprint density at radius 2 is 2.00 bits per heavy atom. The molecule has 0 aromatic rings. The van der Waals surface area contributed by atoms with Gasteiger partial charge in [-0.2, -0.15) is 0 Å². The maximum Gasteiger partial charge on any atom is 0.407 e. The molecule has 78 valence electrons. The summed E-state index contributed by atoms with van der Waals surface area (Å²) in [5.74, 6) is 0. The molecule has 0 aliphatic carbocycles. The molecule has 0 aliphatic heterocycles. The molecule has 0 heterocycles. The molecule has 0 fully saturated rings. The molecule has 0 spiro atoms. The number of carbonyl (C=O) groups is 1. The zero-order chi connectivity index (χ0) is 10.3. The molecular formula is C9H21NO2Si. The molecule has 0 bridgehead atoms. The van der Waals surface area contributed by atoms with Crippen molar-refractivity contribution in [2.75, 3.05) is 13.2 Å². The van der Waals surface area contributed by atoms with E-state index in [1.54, 1.807) is 0 Å². The number of amides is 1. The zero-order valence-corrected chi connectivity index (χ0v) is 10.1. The minimum Gasteiger partial charge on any atom is -0.450 e. The van der Waals surface area contributed by atoms with E-state index in [1.165, 1.54) is 0 Å². The molecule has 0 saturated heterocycles. The lowest BCUT2D eigenvalue weighted by atomic mass is 10.5. The summed E-state index contributed by atoms with van der Waals surface area (Å²) in [4.78, 5) is 11.0. The van der Waals surface area contributed by atoms with Gasteiger partial charge in [-0.3, -0.25) is 0 Å². The first-order chi connectivity index (χ1) is 5.95. The Morgan fingerprint density at radius 1 is 1.38 bits per heavy atom. The largest absolute Gasteiger partial charge is 0.450 e. The van der Waals surface area contributed by atoms with Crippen LogP contribution >= 0.6 is 0 Å². The number of ether oxygens (including phenoxy) is 1. The molecule has 0 rings (SSSR count). The van der Waals surface area contributed by atoms with Gasteiger partial charge in [0, 0.05) is 14.6 Å². The minimum atomic E-state index is -1.06. The van der Waals surface area contributed by atoms with Gasteiger partial charge in [-0.05, 0) is 12.5 Å². The Bertz CT molecular complexity index is 154. The van der Waals surface area contributed by atoms with Crippen LogP contribution in [0.15, 0.2) is 0 Å². The maximum absolute atomic E-state index is 11.0. The van der Waals surface area contributed by atoms with Gasteiger partial charge in [0.2, 0.25) is 0 Å². The highest BCUT2D eigenvalue weighted by atomic mass is 28.3.